The largest absolute Gasteiger partial charge is 0.352 e. The van der Waals surface area contributed by atoms with Crippen LogP contribution in [0, 0.1) is 12.8 Å². The number of amides is 1. The van der Waals surface area contributed by atoms with Gasteiger partial charge in [0.2, 0.25) is 5.91 Å². The van der Waals surface area contributed by atoms with Crippen LogP contribution in [0.5, 0.6) is 0 Å². The van der Waals surface area contributed by atoms with Gasteiger partial charge in [-0.25, -0.2) is 4.98 Å². The normalized spacial score (nSPS) is 19.6. The van der Waals surface area contributed by atoms with E-state index >= 15 is 0 Å². The molecule has 1 saturated carbocycles. The van der Waals surface area contributed by atoms with Crippen molar-refractivity contribution >= 4 is 27.5 Å². The highest BCUT2D eigenvalue weighted by Crippen LogP contribution is 2.30. The van der Waals surface area contributed by atoms with Crippen LogP contribution in [-0.2, 0) is 11.3 Å². The van der Waals surface area contributed by atoms with Gasteiger partial charge < -0.3 is 5.32 Å². The van der Waals surface area contributed by atoms with E-state index < -0.39 is 0 Å². The lowest BCUT2D eigenvalue weighted by Gasteiger charge is -2.29. The maximum absolute atomic E-state index is 13.1. The molecule has 0 radical (unpaired) electrons. The van der Waals surface area contributed by atoms with E-state index in [0.29, 0.717) is 16.1 Å². The van der Waals surface area contributed by atoms with Crippen LogP contribution in [0.3, 0.4) is 0 Å². The molecule has 1 aromatic carbocycles. The second-order valence-electron chi connectivity index (χ2n) is 7.81. The lowest BCUT2D eigenvalue weighted by Crippen LogP contribution is -2.43. The minimum absolute atomic E-state index is 0.00811. The van der Waals surface area contributed by atoms with Crippen LogP contribution in [0.15, 0.2) is 40.8 Å². The molecule has 2 atom stereocenters. The number of carbonyl (C=O) groups is 1. The van der Waals surface area contributed by atoms with Gasteiger partial charge in [-0.05, 0) is 31.2 Å². The van der Waals surface area contributed by atoms with E-state index in [2.05, 4.69) is 17.2 Å². The van der Waals surface area contributed by atoms with Gasteiger partial charge in [-0.15, -0.1) is 11.3 Å². The maximum Gasteiger partial charge on any atom is 0.263 e. The summed E-state index contributed by atoms with van der Waals surface area (Å²) < 4.78 is 1.43. The molecular weight excluding hydrogens is 370 g/mol. The molecular formula is C22H25N3O2S. The van der Waals surface area contributed by atoms with E-state index in [1.807, 2.05) is 36.6 Å². The summed E-state index contributed by atoms with van der Waals surface area (Å²) in [7, 11) is 0. The number of benzene rings is 1. The van der Waals surface area contributed by atoms with Gasteiger partial charge in [-0.1, -0.05) is 49.6 Å². The third kappa shape index (κ3) is 3.74. The molecule has 146 valence electrons. The van der Waals surface area contributed by atoms with Gasteiger partial charge in [-0.2, -0.15) is 0 Å². The van der Waals surface area contributed by atoms with Crippen molar-refractivity contribution in [2.45, 2.75) is 52.1 Å². The van der Waals surface area contributed by atoms with Crippen molar-refractivity contribution in [2.24, 2.45) is 5.92 Å². The average molecular weight is 396 g/mol. The number of hydrogen-bond acceptors (Lipinski definition) is 4. The second-order valence-corrected chi connectivity index (χ2v) is 8.67. The maximum atomic E-state index is 13.1. The molecule has 0 unspecified atom stereocenters. The SMILES string of the molecule is Cc1ccc(-c2csc3ncn(CC(=O)N[C@@H]4CCCC[C@H]4C)c(=O)c23)cc1. The van der Waals surface area contributed by atoms with Crippen molar-refractivity contribution in [1.29, 1.82) is 0 Å². The minimum atomic E-state index is -0.159. The Hall–Kier alpha value is -2.47. The lowest BCUT2D eigenvalue weighted by molar-refractivity contribution is -0.123. The molecule has 2 aromatic heterocycles. The summed E-state index contributed by atoms with van der Waals surface area (Å²) in [6.45, 7) is 4.23. The van der Waals surface area contributed by atoms with E-state index in [-0.39, 0.29) is 24.1 Å². The molecule has 0 bridgehead atoms. The van der Waals surface area contributed by atoms with Crippen LogP contribution >= 0.6 is 11.3 Å². The average Bonchev–Trinajstić information content (AvgIpc) is 3.11. The molecule has 1 fully saturated rings. The number of aryl methyl sites for hydroxylation is 1. The van der Waals surface area contributed by atoms with Crippen molar-refractivity contribution in [3.8, 4) is 11.1 Å². The van der Waals surface area contributed by atoms with E-state index in [9.17, 15) is 9.59 Å². The molecule has 0 saturated heterocycles. The van der Waals surface area contributed by atoms with E-state index in [1.165, 1.54) is 34.2 Å². The van der Waals surface area contributed by atoms with Crippen LogP contribution in [-0.4, -0.2) is 21.5 Å². The van der Waals surface area contributed by atoms with Gasteiger partial charge >= 0.3 is 0 Å². The van der Waals surface area contributed by atoms with Gasteiger partial charge in [0, 0.05) is 17.0 Å². The third-order valence-corrected chi connectivity index (χ3v) is 6.58. The summed E-state index contributed by atoms with van der Waals surface area (Å²) in [6.07, 6.45) is 6.03. The molecule has 28 heavy (non-hydrogen) atoms. The molecule has 1 aliphatic carbocycles. The van der Waals surface area contributed by atoms with E-state index in [0.717, 1.165) is 30.4 Å². The Bertz CT molecular complexity index is 1050. The Labute approximate surface area is 168 Å². The number of nitrogens with zero attached hydrogens (tertiary/aromatic N) is 2. The molecule has 0 spiro atoms. The van der Waals surface area contributed by atoms with Gasteiger partial charge in [0.15, 0.2) is 0 Å². The number of rotatable bonds is 4. The summed E-state index contributed by atoms with van der Waals surface area (Å²) in [5, 5.41) is 5.68. The number of aromatic nitrogens is 2. The first-order valence-electron chi connectivity index (χ1n) is 9.86. The molecule has 1 aliphatic rings. The zero-order valence-corrected chi connectivity index (χ0v) is 17.1. The first-order valence-corrected chi connectivity index (χ1v) is 10.7. The van der Waals surface area contributed by atoms with Crippen LogP contribution in [0.4, 0.5) is 0 Å². The second kappa shape index (κ2) is 7.87. The number of nitrogens with one attached hydrogen (secondary N) is 1. The Kier molecular flexibility index (Phi) is 5.31. The number of fused-ring (bicyclic) bond motifs is 1. The highest BCUT2D eigenvalue weighted by Gasteiger charge is 2.23. The molecule has 0 aliphatic heterocycles. The fraction of sp³-hybridized carbons (Fsp3) is 0.409. The summed E-state index contributed by atoms with van der Waals surface area (Å²) in [5.41, 5.74) is 2.89. The highest BCUT2D eigenvalue weighted by molar-refractivity contribution is 7.17. The lowest BCUT2D eigenvalue weighted by atomic mass is 9.86. The van der Waals surface area contributed by atoms with Crippen LogP contribution in [0.2, 0.25) is 0 Å². The van der Waals surface area contributed by atoms with Crippen molar-refractivity contribution in [1.82, 2.24) is 14.9 Å². The van der Waals surface area contributed by atoms with Crippen molar-refractivity contribution < 1.29 is 4.79 Å². The quantitative estimate of drug-likeness (QED) is 0.722. The van der Waals surface area contributed by atoms with Crippen LogP contribution in [0.1, 0.15) is 38.2 Å². The standard InChI is InChI=1S/C22H25N3O2S/c1-14-7-9-16(10-8-14)17-12-28-21-20(17)22(27)25(13-23-21)11-19(26)24-18-6-4-3-5-15(18)2/h7-10,12-13,15,18H,3-6,11H2,1-2H3,(H,24,26)/t15-,18-/m1/s1. The summed E-state index contributed by atoms with van der Waals surface area (Å²) in [6, 6.07) is 8.31. The fourth-order valence-corrected chi connectivity index (χ4v) is 4.87. The predicted molar refractivity (Wildman–Crippen MR) is 114 cm³/mol. The van der Waals surface area contributed by atoms with Crippen molar-refractivity contribution in [3.05, 3.63) is 51.9 Å². The van der Waals surface area contributed by atoms with Crippen molar-refractivity contribution in [2.75, 3.05) is 0 Å². The number of thiophene rings is 1. The Morgan fingerprint density at radius 1 is 1.25 bits per heavy atom. The molecule has 3 aromatic rings. The van der Waals surface area contributed by atoms with Gasteiger partial charge in [0.05, 0.1) is 11.7 Å². The number of carbonyl (C=O) groups excluding carboxylic acids is 1. The number of hydrogen-bond donors (Lipinski definition) is 1. The molecule has 4 rings (SSSR count). The minimum Gasteiger partial charge on any atom is -0.352 e. The van der Waals surface area contributed by atoms with E-state index in [4.69, 9.17) is 0 Å². The summed E-state index contributed by atoms with van der Waals surface area (Å²) in [4.78, 5) is 30.8. The topological polar surface area (TPSA) is 64.0 Å². The summed E-state index contributed by atoms with van der Waals surface area (Å²) in [5.74, 6) is 0.370. The molecule has 6 heteroatoms. The van der Waals surface area contributed by atoms with Gasteiger partial charge in [-0.3, -0.25) is 14.2 Å². The Balaban J connectivity index is 1.60. The molecule has 2 heterocycles. The van der Waals surface area contributed by atoms with Gasteiger partial charge in [0.1, 0.15) is 11.4 Å². The highest BCUT2D eigenvalue weighted by atomic mass is 32.1. The zero-order valence-electron chi connectivity index (χ0n) is 16.3. The zero-order chi connectivity index (χ0) is 19.7. The predicted octanol–water partition coefficient (Wildman–Crippen LogP) is 4.13. The first-order chi connectivity index (χ1) is 13.5. The van der Waals surface area contributed by atoms with Gasteiger partial charge in [0.25, 0.3) is 5.56 Å². The smallest absolute Gasteiger partial charge is 0.263 e. The Morgan fingerprint density at radius 2 is 2.00 bits per heavy atom. The molecule has 5 nitrogen and oxygen atoms in total. The molecule has 1 amide bonds. The first kappa shape index (κ1) is 18.9. The third-order valence-electron chi connectivity index (χ3n) is 5.70. The monoisotopic (exact) mass is 395 g/mol. The van der Waals surface area contributed by atoms with Crippen molar-refractivity contribution in [3.63, 3.8) is 0 Å². The summed E-state index contributed by atoms with van der Waals surface area (Å²) >= 11 is 1.46. The Morgan fingerprint density at radius 3 is 2.75 bits per heavy atom. The fourth-order valence-electron chi connectivity index (χ4n) is 3.96. The van der Waals surface area contributed by atoms with E-state index in [1.54, 1.807) is 0 Å². The van der Waals surface area contributed by atoms with Crippen LogP contribution < -0.4 is 10.9 Å². The molecule has 1 N–H and O–H groups in total. The van der Waals surface area contributed by atoms with Crippen LogP contribution in [0.25, 0.3) is 21.3 Å².